The zero-order valence-electron chi connectivity index (χ0n) is 14.7. The molecule has 1 aliphatic heterocycles. The highest BCUT2D eigenvalue weighted by Crippen LogP contribution is 2.19. The van der Waals surface area contributed by atoms with E-state index in [2.05, 4.69) is 10.4 Å². The zero-order valence-corrected chi connectivity index (χ0v) is 14.7. The molecule has 0 spiro atoms. The number of benzene rings is 1. The Bertz CT molecular complexity index is 797. The lowest BCUT2D eigenvalue weighted by atomic mass is 10.1. The van der Waals surface area contributed by atoms with E-state index in [0.717, 1.165) is 11.3 Å². The van der Waals surface area contributed by atoms with E-state index in [1.807, 2.05) is 38.1 Å². The number of nitrogens with one attached hydrogen (secondary N) is 1. The van der Waals surface area contributed by atoms with Crippen LogP contribution in [-0.2, 0) is 13.1 Å². The Balaban J connectivity index is 1.76. The molecule has 1 aliphatic rings. The number of methoxy groups -OCH3 is 1. The summed E-state index contributed by atoms with van der Waals surface area (Å²) in [6, 6.07) is 9.24. The van der Waals surface area contributed by atoms with Crippen molar-refractivity contribution in [2.45, 2.75) is 33.0 Å². The third kappa shape index (κ3) is 3.65. The summed E-state index contributed by atoms with van der Waals surface area (Å²) in [7, 11) is 1.62. The van der Waals surface area contributed by atoms with Gasteiger partial charge in [-0.25, -0.2) is 0 Å². The van der Waals surface area contributed by atoms with Gasteiger partial charge in [-0.2, -0.15) is 5.10 Å². The molecule has 2 aromatic rings. The first-order chi connectivity index (χ1) is 12.0. The normalized spacial score (nSPS) is 13.8. The molecule has 1 aromatic carbocycles. The van der Waals surface area contributed by atoms with Crippen LogP contribution in [0, 0.1) is 0 Å². The molecular formula is C18H22N4O3. The fourth-order valence-electron chi connectivity index (χ4n) is 2.83. The monoisotopic (exact) mass is 342 g/mol. The van der Waals surface area contributed by atoms with Crippen LogP contribution < -0.4 is 10.1 Å². The van der Waals surface area contributed by atoms with Gasteiger partial charge < -0.3 is 15.0 Å². The van der Waals surface area contributed by atoms with E-state index in [1.165, 1.54) is 0 Å². The molecule has 2 amide bonds. The number of hydrogen-bond donors (Lipinski definition) is 1. The molecule has 0 radical (unpaired) electrons. The van der Waals surface area contributed by atoms with Gasteiger partial charge in [0.2, 0.25) is 0 Å². The van der Waals surface area contributed by atoms with Gasteiger partial charge >= 0.3 is 0 Å². The minimum Gasteiger partial charge on any atom is -0.497 e. The largest absolute Gasteiger partial charge is 0.497 e. The number of ether oxygens (including phenoxy) is 1. The molecule has 7 heteroatoms. The second kappa shape index (κ2) is 6.96. The highest BCUT2D eigenvalue weighted by Gasteiger charge is 2.28. The molecule has 0 atom stereocenters. The number of amides is 2. The Kier molecular flexibility index (Phi) is 4.74. The number of fused-ring (bicyclic) bond motifs is 1. The third-order valence-corrected chi connectivity index (χ3v) is 4.03. The van der Waals surface area contributed by atoms with Gasteiger partial charge in [-0.05, 0) is 31.5 Å². The van der Waals surface area contributed by atoms with Gasteiger partial charge in [-0.15, -0.1) is 0 Å². The van der Waals surface area contributed by atoms with Gasteiger partial charge in [0.1, 0.15) is 11.4 Å². The Hall–Kier alpha value is -2.83. The fraction of sp³-hybridized carbons (Fsp3) is 0.389. The first-order valence-electron chi connectivity index (χ1n) is 8.29. The summed E-state index contributed by atoms with van der Waals surface area (Å²) in [4.78, 5) is 26.6. The van der Waals surface area contributed by atoms with Crippen LogP contribution in [0.4, 0.5) is 0 Å². The topological polar surface area (TPSA) is 76.5 Å². The van der Waals surface area contributed by atoms with Crippen LogP contribution in [0.3, 0.4) is 0 Å². The molecule has 0 unspecified atom stereocenters. The molecule has 25 heavy (non-hydrogen) atoms. The van der Waals surface area contributed by atoms with Crippen LogP contribution in [0.15, 0.2) is 30.3 Å². The van der Waals surface area contributed by atoms with E-state index in [-0.39, 0.29) is 23.6 Å². The van der Waals surface area contributed by atoms with Gasteiger partial charge in [0.15, 0.2) is 5.69 Å². The smallest absolute Gasteiger partial charge is 0.272 e. The number of hydrogen-bond acceptors (Lipinski definition) is 4. The minimum atomic E-state index is -0.260. The maximum atomic E-state index is 12.7. The van der Waals surface area contributed by atoms with Crippen molar-refractivity contribution in [3.63, 3.8) is 0 Å². The SMILES string of the molecule is COc1cccc(CN2CCn3nc(C(=O)NC(C)C)cc3C2=O)c1. The van der Waals surface area contributed by atoms with E-state index in [9.17, 15) is 9.59 Å². The molecule has 7 nitrogen and oxygen atoms in total. The van der Waals surface area contributed by atoms with Gasteiger partial charge in [-0.3, -0.25) is 14.3 Å². The third-order valence-electron chi connectivity index (χ3n) is 4.03. The molecule has 3 rings (SSSR count). The summed E-state index contributed by atoms with van der Waals surface area (Å²) in [5, 5.41) is 7.05. The fourth-order valence-corrected chi connectivity index (χ4v) is 2.83. The van der Waals surface area contributed by atoms with Gasteiger partial charge in [-0.1, -0.05) is 12.1 Å². The summed E-state index contributed by atoms with van der Waals surface area (Å²) >= 11 is 0. The Morgan fingerprint density at radius 1 is 1.32 bits per heavy atom. The summed E-state index contributed by atoms with van der Waals surface area (Å²) in [6.07, 6.45) is 0. The molecule has 0 saturated carbocycles. The van der Waals surface area contributed by atoms with Gasteiger partial charge in [0.05, 0.1) is 13.7 Å². The molecule has 2 heterocycles. The molecule has 0 bridgehead atoms. The van der Waals surface area contributed by atoms with Crippen LogP contribution in [0.2, 0.25) is 0 Å². The van der Waals surface area contributed by atoms with Gasteiger partial charge in [0.25, 0.3) is 11.8 Å². The summed E-state index contributed by atoms with van der Waals surface area (Å²) in [5.41, 5.74) is 1.72. The first-order valence-corrected chi connectivity index (χ1v) is 8.29. The summed E-state index contributed by atoms with van der Waals surface area (Å²) in [5.74, 6) is 0.383. The molecule has 132 valence electrons. The summed E-state index contributed by atoms with van der Waals surface area (Å²) in [6.45, 7) is 5.38. The first kappa shape index (κ1) is 17.0. The van der Waals surface area contributed by atoms with E-state index >= 15 is 0 Å². The second-order valence-corrected chi connectivity index (χ2v) is 6.34. The number of rotatable bonds is 5. The second-order valence-electron chi connectivity index (χ2n) is 6.34. The number of carbonyl (C=O) groups excluding carboxylic acids is 2. The molecule has 0 fully saturated rings. The molecule has 1 N–H and O–H groups in total. The zero-order chi connectivity index (χ0) is 18.0. The molecule has 1 aromatic heterocycles. The lowest BCUT2D eigenvalue weighted by molar-refractivity contribution is 0.0683. The standard InChI is InChI=1S/C18H22N4O3/c1-12(2)19-17(23)15-10-16-18(24)21(7-8-22(16)20-15)11-13-5-4-6-14(9-13)25-3/h4-6,9-10,12H,7-8,11H2,1-3H3,(H,19,23). The van der Waals surface area contributed by atoms with Crippen LogP contribution >= 0.6 is 0 Å². The van der Waals surface area contributed by atoms with Crippen molar-refractivity contribution in [1.82, 2.24) is 20.0 Å². The summed E-state index contributed by atoms with van der Waals surface area (Å²) < 4.78 is 6.84. The van der Waals surface area contributed by atoms with E-state index in [4.69, 9.17) is 4.74 Å². The average Bonchev–Trinajstić information content (AvgIpc) is 3.02. The maximum absolute atomic E-state index is 12.7. The quantitative estimate of drug-likeness (QED) is 0.897. The predicted molar refractivity (Wildman–Crippen MR) is 92.6 cm³/mol. The van der Waals surface area contributed by atoms with Crippen LogP contribution in [0.1, 0.15) is 40.4 Å². The predicted octanol–water partition coefficient (Wildman–Crippen LogP) is 1.69. The number of carbonyl (C=O) groups is 2. The van der Waals surface area contributed by atoms with Crippen molar-refractivity contribution in [2.24, 2.45) is 0 Å². The minimum absolute atomic E-state index is 0.0199. The van der Waals surface area contributed by atoms with Crippen molar-refractivity contribution < 1.29 is 14.3 Å². The maximum Gasteiger partial charge on any atom is 0.272 e. The highest BCUT2D eigenvalue weighted by molar-refractivity contribution is 5.98. The lowest BCUT2D eigenvalue weighted by Gasteiger charge is -2.27. The molecule has 0 aliphatic carbocycles. The van der Waals surface area contributed by atoms with Crippen LogP contribution in [0.5, 0.6) is 5.75 Å². The van der Waals surface area contributed by atoms with Crippen molar-refractivity contribution >= 4 is 11.8 Å². The van der Waals surface area contributed by atoms with Crippen molar-refractivity contribution in [3.05, 3.63) is 47.3 Å². The Morgan fingerprint density at radius 2 is 2.12 bits per heavy atom. The van der Waals surface area contributed by atoms with Crippen molar-refractivity contribution in [2.75, 3.05) is 13.7 Å². The Morgan fingerprint density at radius 3 is 2.84 bits per heavy atom. The molecular weight excluding hydrogens is 320 g/mol. The van der Waals surface area contributed by atoms with E-state index in [1.54, 1.807) is 22.8 Å². The number of nitrogens with zero attached hydrogens (tertiary/aromatic N) is 3. The average molecular weight is 342 g/mol. The van der Waals surface area contributed by atoms with Crippen molar-refractivity contribution in [1.29, 1.82) is 0 Å². The van der Waals surface area contributed by atoms with Crippen molar-refractivity contribution in [3.8, 4) is 5.75 Å². The molecule has 0 saturated heterocycles. The Labute approximate surface area is 146 Å². The lowest BCUT2D eigenvalue weighted by Crippen LogP contribution is -2.39. The highest BCUT2D eigenvalue weighted by atomic mass is 16.5. The van der Waals surface area contributed by atoms with E-state index in [0.29, 0.717) is 25.3 Å². The van der Waals surface area contributed by atoms with E-state index < -0.39 is 0 Å². The van der Waals surface area contributed by atoms with Crippen LogP contribution in [0.25, 0.3) is 0 Å². The van der Waals surface area contributed by atoms with Gasteiger partial charge in [0, 0.05) is 25.2 Å². The number of aromatic nitrogens is 2. The van der Waals surface area contributed by atoms with Crippen LogP contribution in [-0.4, -0.2) is 46.2 Å².